The van der Waals surface area contributed by atoms with Crippen molar-refractivity contribution in [2.24, 2.45) is 17.3 Å². The minimum atomic E-state index is 0.619. The van der Waals surface area contributed by atoms with Gasteiger partial charge in [0.15, 0.2) is 0 Å². The number of rotatable bonds is 0. The molecule has 19 heavy (non-hydrogen) atoms. The summed E-state index contributed by atoms with van der Waals surface area (Å²) in [6, 6.07) is 9.23. The van der Waals surface area contributed by atoms with Crippen LogP contribution in [0.4, 0.5) is 0 Å². The highest BCUT2D eigenvalue weighted by atomic mass is 16.5. The largest absolute Gasteiger partial charge is 0.377 e. The zero-order valence-electron chi connectivity index (χ0n) is 11.5. The summed E-state index contributed by atoms with van der Waals surface area (Å²) in [6.07, 6.45) is 9.01. The van der Waals surface area contributed by atoms with E-state index in [0.717, 1.165) is 24.4 Å². The van der Waals surface area contributed by atoms with Gasteiger partial charge >= 0.3 is 0 Å². The molecule has 2 saturated carbocycles. The summed E-state index contributed by atoms with van der Waals surface area (Å²) in [6.45, 7) is 1.08. The summed E-state index contributed by atoms with van der Waals surface area (Å²) in [5.74, 6) is 2.79. The van der Waals surface area contributed by atoms with Crippen molar-refractivity contribution in [2.45, 2.75) is 50.5 Å². The summed E-state index contributed by atoms with van der Waals surface area (Å²) in [4.78, 5) is 0. The normalized spacial score (nSPS) is 46.5. The van der Waals surface area contributed by atoms with Crippen LogP contribution in [-0.2, 0) is 11.2 Å². The zero-order valence-corrected chi connectivity index (χ0v) is 11.5. The lowest BCUT2D eigenvalue weighted by atomic mass is 9.54. The van der Waals surface area contributed by atoms with E-state index < -0.39 is 0 Å². The van der Waals surface area contributed by atoms with E-state index in [1.165, 1.54) is 38.5 Å². The molecule has 5 atom stereocenters. The van der Waals surface area contributed by atoms with Gasteiger partial charge in [-0.25, -0.2) is 0 Å². The van der Waals surface area contributed by atoms with Gasteiger partial charge in [-0.15, -0.1) is 0 Å². The molecule has 1 heterocycles. The molecule has 1 aromatic rings. The van der Waals surface area contributed by atoms with Crippen molar-refractivity contribution in [3.05, 3.63) is 35.4 Å². The fraction of sp³-hybridized carbons (Fsp3) is 0.667. The molecule has 0 aromatic heterocycles. The maximum atomic E-state index is 5.86. The first kappa shape index (κ1) is 10.9. The number of aryl methyl sites for hydroxylation is 1. The van der Waals surface area contributed by atoms with Crippen LogP contribution in [0.25, 0.3) is 0 Å². The highest BCUT2D eigenvalue weighted by Gasteiger charge is 2.62. The Balaban J connectivity index is 1.55. The Hall–Kier alpha value is -0.820. The zero-order chi connectivity index (χ0) is 12.4. The van der Waals surface area contributed by atoms with Crippen LogP contribution < -0.4 is 0 Å². The molecule has 1 nitrogen and oxygen atoms in total. The van der Waals surface area contributed by atoms with Crippen molar-refractivity contribution in [1.82, 2.24) is 0 Å². The topological polar surface area (TPSA) is 9.23 Å². The molecule has 3 fully saturated rings. The second-order valence-corrected chi connectivity index (χ2v) is 7.26. The quantitative estimate of drug-likeness (QED) is 0.682. The molecule has 100 valence electrons. The van der Waals surface area contributed by atoms with E-state index in [-0.39, 0.29) is 0 Å². The summed E-state index contributed by atoms with van der Waals surface area (Å²) in [7, 11) is 0. The van der Waals surface area contributed by atoms with Crippen molar-refractivity contribution in [3.63, 3.8) is 0 Å². The van der Waals surface area contributed by atoms with Gasteiger partial charge in [-0.1, -0.05) is 24.3 Å². The molecule has 1 unspecified atom stereocenters. The van der Waals surface area contributed by atoms with E-state index in [9.17, 15) is 0 Å². The summed E-state index contributed by atoms with van der Waals surface area (Å²) in [5.41, 5.74) is 3.95. The molecule has 0 radical (unpaired) electrons. The molecule has 5 rings (SSSR count). The van der Waals surface area contributed by atoms with Gasteiger partial charge in [-0.2, -0.15) is 0 Å². The Morgan fingerprint density at radius 2 is 2.00 bits per heavy atom. The molecule has 0 N–H and O–H groups in total. The molecule has 1 heteroatoms. The van der Waals surface area contributed by atoms with Gasteiger partial charge in [0, 0.05) is 5.41 Å². The van der Waals surface area contributed by atoms with Crippen molar-refractivity contribution < 1.29 is 4.74 Å². The first-order valence-electron chi connectivity index (χ1n) is 8.08. The number of fused-ring (bicyclic) bond motifs is 4. The Kier molecular flexibility index (Phi) is 2.09. The van der Waals surface area contributed by atoms with Gasteiger partial charge in [-0.05, 0) is 67.4 Å². The second kappa shape index (κ2) is 3.63. The van der Waals surface area contributed by atoms with Crippen molar-refractivity contribution >= 4 is 0 Å². The molecule has 1 aromatic carbocycles. The molecular weight excluding hydrogens is 232 g/mol. The maximum Gasteiger partial charge on any atom is 0.0656 e. The van der Waals surface area contributed by atoms with Crippen molar-refractivity contribution in [2.75, 3.05) is 6.61 Å². The third-order valence-electron chi connectivity index (χ3n) is 6.83. The Labute approximate surface area is 115 Å². The van der Waals surface area contributed by atoms with Crippen LogP contribution in [0.5, 0.6) is 0 Å². The minimum Gasteiger partial charge on any atom is -0.377 e. The summed E-state index contributed by atoms with van der Waals surface area (Å²) < 4.78 is 5.86. The van der Waals surface area contributed by atoms with E-state index in [1.54, 1.807) is 11.1 Å². The monoisotopic (exact) mass is 254 g/mol. The van der Waals surface area contributed by atoms with Crippen molar-refractivity contribution in [3.8, 4) is 0 Å². The van der Waals surface area contributed by atoms with Gasteiger partial charge < -0.3 is 4.74 Å². The summed E-state index contributed by atoms with van der Waals surface area (Å²) >= 11 is 0. The van der Waals surface area contributed by atoms with Gasteiger partial charge in [0.2, 0.25) is 0 Å². The number of benzene rings is 1. The van der Waals surface area contributed by atoms with Crippen molar-refractivity contribution in [1.29, 1.82) is 0 Å². The Bertz CT molecular complexity index is 522. The van der Waals surface area contributed by atoms with Gasteiger partial charge in [-0.3, -0.25) is 0 Å². The predicted molar refractivity (Wildman–Crippen MR) is 75.1 cm³/mol. The van der Waals surface area contributed by atoms with Crippen LogP contribution in [0.1, 0.15) is 49.1 Å². The molecule has 3 aliphatic carbocycles. The molecule has 1 spiro atoms. The van der Waals surface area contributed by atoms with Crippen LogP contribution in [-0.4, -0.2) is 12.7 Å². The molecule has 0 bridgehead atoms. The van der Waals surface area contributed by atoms with E-state index in [0.29, 0.717) is 11.5 Å². The fourth-order valence-corrected chi connectivity index (χ4v) is 5.96. The minimum absolute atomic E-state index is 0.619. The van der Waals surface area contributed by atoms with Crippen LogP contribution in [0.2, 0.25) is 0 Å². The van der Waals surface area contributed by atoms with Crippen LogP contribution in [0.15, 0.2) is 24.3 Å². The number of ether oxygens (including phenoxy) is 1. The molecule has 1 aliphatic heterocycles. The number of hydrogen-bond acceptors (Lipinski definition) is 1. The molecule has 0 amide bonds. The number of hydrogen-bond donors (Lipinski definition) is 0. The summed E-state index contributed by atoms with van der Waals surface area (Å²) in [5, 5.41) is 0. The Morgan fingerprint density at radius 1 is 1.05 bits per heavy atom. The average Bonchev–Trinajstić information content (AvgIpc) is 2.70. The van der Waals surface area contributed by atoms with Gasteiger partial charge in [0.1, 0.15) is 0 Å². The first-order chi connectivity index (χ1) is 9.38. The van der Waals surface area contributed by atoms with Gasteiger partial charge in [0.25, 0.3) is 0 Å². The molecule has 4 aliphatic rings. The highest BCUT2D eigenvalue weighted by Crippen LogP contribution is 2.65. The van der Waals surface area contributed by atoms with E-state index in [4.69, 9.17) is 4.74 Å². The van der Waals surface area contributed by atoms with Gasteiger partial charge in [0.05, 0.1) is 12.7 Å². The predicted octanol–water partition coefficient (Wildman–Crippen LogP) is 3.92. The first-order valence-corrected chi connectivity index (χ1v) is 8.08. The lowest BCUT2D eigenvalue weighted by Crippen LogP contribution is -2.56. The lowest BCUT2D eigenvalue weighted by molar-refractivity contribution is -0.209. The van der Waals surface area contributed by atoms with Crippen LogP contribution in [0.3, 0.4) is 0 Å². The third-order valence-corrected chi connectivity index (χ3v) is 6.83. The van der Waals surface area contributed by atoms with Crippen LogP contribution in [0, 0.1) is 17.3 Å². The standard InChI is InChI=1S/C18H22O/c1-2-4-13-12(3-1)5-6-15-14(13)9-10-18-11-19-17(18)8-7-16(15)18/h1-4,14-17H,5-11H2/t14-,15-,16+,17?,18-/m1/s1. The van der Waals surface area contributed by atoms with Crippen LogP contribution >= 0.6 is 0 Å². The SMILES string of the molecule is c1ccc2c(c1)CC[C@@H]1[C@@H]2CC[C@]23COC2CC[C@@H]13. The highest BCUT2D eigenvalue weighted by molar-refractivity contribution is 5.35. The lowest BCUT2D eigenvalue weighted by Gasteiger charge is -2.56. The second-order valence-electron chi connectivity index (χ2n) is 7.26. The van der Waals surface area contributed by atoms with E-state index in [2.05, 4.69) is 24.3 Å². The third kappa shape index (κ3) is 1.25. The molecule has 1 saturated heterocycles. The maximum absolute atomic E-state index is 5.86. The average molecular weight is 254 g/mol. The fourth-order valence-electron chi connectivity index (χ4n) is 5.96. The van der Waals surface area contributed by atoms with E-state index in [1.807, 2.05) is 0 Å². The molecular formula is C18H22O. The van der Waals surface area contributed by atoms with E-state index >= 15 is 0 Å². The smallest absolute Gasteiger partial charge is 0.0656 e. The Morgan fingerprint density at radius 3 is 2.89 bits per heavy atom.